The summed E-state index contributed by atoms with van der Waals surface area (Å²) < 4.78 is 0. The van der Waals surface area contributed by atoms with E-state index in [1.165, 1.54) is 12.8 Å². The summed E-state index contributed by atoms with van der Waals surface area (Å²) in [4.78, 5) is 26.0. The molecule has 7 nitrogen and oxygen atoms in total. The van der Waals surface area contributed by atoms with Gasteiger partial charge in [-0.05, 0) is 62.2 Å². The topological polar surface area (TPSA) is 73.4 Å². The van der Waals surface area contributed by atoms with E-state index in [4.69, 9.17) is 0 Å². The molecule has 0 aliphatic carbocycles. The van der Waals surface area contributed by atoms with E-state index in [1.54, 1.807) is 0 Å². The molecule has 1 fully saturated rings. The van der Waals surface area contributed by atoms with Gasteiger partial charge in [0.2, 0.25) is 5.95 Å². The van der Waals surface area contributed by atoms with Crippen LogP contribution in [0.3, 0.4) is 0 Å². The molecule has 31 heavy (non-hydrogen) atoms. The van der Waals surface area contributed by atoms with Crippen LogP contribution in [0, 0.1) is 6.92 Å². The molecule has 0 saturated carbocycles. The van der Waals surface area contributed by atoms with Gasteiger partial charge < -0.3 is 20.4 Å². The fourth-order valence-electron chi connectivity index (χ4n) is 3.59. The molecule has 7 heteroatoms. The number of amides is 1. The number of hydrogen-bond acceptors (Lipinski definition) is 6. The molecule has 1 aliphatic heterocycles. The van der Waals surface area contributed by atoms with Gasteiger partial charge in [0.05, 0.1) is 0 Å². The maximum atomic E-state index is 12.6. The van der Waals surface area contributed by atoms with Gasteiger partial charge in [-0.1, -0.05) is 6.07 Å². The molecule has 0 atom stereocenters. The number of aromatic nitrogens is 2. The number of aryl methyl sites for hydroxylation is 1. The molecule has 1 aromatic heterocycles. The predicted octanol–water partition coefficient (Wildman–Crippen LogP) is 4.45. The molecule has 0 radical (unpaired) electrons. The Morgan fingerprint density at radius 2 is 1.68 bits per heavy atom. The number of rotatable bonds is 6. The third-order valence-electron chi connectivity index (χ3n) is 5.27. The first-order valence-electron chi connectivity index (χ1n) is 10.5. The fraction of sp³-hybridized carbons (Fsp3) is 0.292. The van der Waals surface area contributed by atoms with Crippen molar-refractivity contribution in [1.29, 1.82) is 0 Å². The van der Waals surface area contributed by atoms with Gasteiger partial charge in [-0.25, -0.2) is 4.98 Å². The lowest BCUT2D eigenvalue weighted by atomic mass is 10.1. The monoisotopic (exact) mass is 416 g/mol. The standard InChI is InChI=1S/C24H28N6O/c1-17-15-22(28-24(25-17)30-13-4-5-14-30)26-19-9-11-20(12-10-19)27-23(31)18-7-6-8-21(16-18)29(2)3/h6-12,15-16H,4-5,13-14H2,1-3H3,(H,27,31)(H,25,26,28). The first-order valence-corrected chi connectivity index (χ1v) is 10.5. The van der Waals surface area contributed by atoms with E-state index in [9.17, 15) is 4.79 Å². The minimum absolute atomic E-state index is 0.133. The molecule has 1 aliphatic rings. The highest BCUT2D eigenvalue weighted by Gasteiger charge is 2.16. The third kappa shape index (κ3) is 5.12. The summed E-state index contributed by atoms with van der Waals surface area (Å²) in [6, 6.07) is 17.1. The minimum Gasteiger partial charge on any atom is -0.378 e. The first-order chi connectivity index (χ1) is 15.0. The normalized spacial score (nSPS) is 13.2. The van der Waals surface area contributed by atoms with E-state index >= 15 is 0 Å². The molecule has 160 valence electrons. The molecule has 2 heterocycles. The van der Waals surface area contributed by atoms with Gasteiger partial charge in [0.15, 0.2) is 0 Å². The number of hydrogen-bond donors (Lipinski definition) is 2. The van der Waals surface area contributed by atoms with Crippen LogP contribution in [0.2, 0.25) is 0 Å². The van der Waals surface area contributed by atoms with Crippen molar-refractivity contribution in [2.45, 2.75) is 19.8 Å². The number of nitrogens with zero attached hydrogens (tertiary/aromatic N) is 4. The van der Waals surface area contributed by atoms with E-state index in [0.717, 1.165) is 47.6 Å². The van der Waals surface area contributed by atoms with Crippen LogP contribution in [0.15, 0.2) is 54.6 Å². The van der Waals surface area contributed by atoms with E-state index in [2.05, 4.69) is 25.5 Å². The van der Waals surface area contributed by atoms with Crippen molar-refractivity contribution >= 4 is 34.7 Å². The summed E-state index contributed by atoms with van der Waals surface area (Å²) in [7, 11) is 3.91. The maximum Gasteiger partial charge on any atom is 0.255 e. The van der Waals surface area contributed by atoms with E-state index < -0.39 is 0 Å². The van der Waals surface area contributed by atoms with E-state index in [-0.39, 0.29) is 5.91 Å². The van der Waals surface area contributed by atoms with Gasteiger partial charge >= 0.3 is 0 Å². The van der Waals surface area contributed by atoms with Crippen molar-refractivity contribution in [3.8, 4) is 0 Å². The zero-order valence-corrected chi connectivity index (χ0v) is 18.2. The highest BCUT2D eigenvalue weighted by Crippen LogP contribution is 2.23. The second kappa shape index (κ2) is 9.04. The summed E-state index contributed by atoms with van der Waals surface area (Å²) in [5, 5.41) is 6.30. The van der Waals surface area contributed by atoms with Gasteiger partial charge in [0, 0.05) is 61.6 Å². The Kier molecular flexibility index (Phi) is 6.02. The predicted molar refractivity (Wildman–Crippen MR) is 127 cm³/mol. The summed E-state index contributed by atoms with van der Waals surface area (Å²) >= 11 is 0. The van der Waals surface area contributed by atoms with Crippen LogP contribution < -0.4 is 20.4 Å². The zero-order chi connectivity index (χ0) is 21.8. The van der Waals surface area contributed by atoms with Crippen molar-refractivity contribution in [3.63, 3.8) is 0 Å². The van der Waals surface area contributed by atoms with E-state index in [0.29, 0.717) is 5.56 Å². The van der Waals surface area contributed by atoms with Crippen LogP contribution in [0.5, 0.6) is 0 Å². The molecule has 2 N–H and O–H groups in total. The van der Waals surface area contributed by atoms with Crippen LogP contribution in [0.25, 0.3) is 0 Å². The van der Waals surface area contributed by atoms with Crippen molar-refractivity contribution < 1.29 is 4.79 Å². The average Bonchev–Trinajstić information content (AvgIpc) is 3.30. The van der Waals surface area contributed by atoms with Gasteiger partial charge in [0.1, 0.15) is 5.82 Å². The maximum absolute atomic E-state index is 12.6. The van der Waals surface area contributed by atoms with Gasteiger partial charge in [-0.15, -0.1) is 0 Å². The molecule has 2 aromatic carbocycles. The molecule has 4 rings (SSSR count). The van der Waals surface area contributed by atoms with Crippen LogP contribution in [0.4, 0.5) is 28.8 Å². The second-order valence-electron chi connectivity index (χ2n) is 7.99. The molecule has 0 bridgehead atoms. The number of carbonyl (C=O) groups is 1. The lowest BCUT2D eigenvalue weighted by Crippen LogP contribution is -2.21. The third-order valence-corrected chi connectivity index (χ3v) is 5.27. The average molecular weight is 417 g/mol. The van der Waals surface area contributed by atoms with Crippen LogP contribution in [-0.4, -0.2) is 43.1 Å². The Morgan fingerprint density at radius 1 is 0.968 bits per heavy atom. The minimum atomic E-state index is -0.133. The molecule has 1 saturated heterocycles. The molecule has 1 amide bonds. The number of anilines is 5. The lowest BCUT2D eigenvalue weighted by Gasteiger charge is -2.17. The van der Waals surface area contributed by atoms with Gasteiger partial charge in [-0.2, -0.15) is 4.98 Å². The quantitative estimate of drug-likeness (QED) is 0.619. The lowest BCUT2D eigenvalue weighted by molar-refractivity contribution is 0.102. The fourth-order valence-corrected chi connectivity index (χ4v) is 3.59. The van der Waals surface area contributed by atoms with Crippen LogP contribution in [0.1, 0.15) is 28.9 Å². The molecular formula is C24H28N6O. The highest BCUT2D eigenvalue weighted by molar-refractivity contribution is 6.04. The Labute approximate surface area is 183 Å². The number of nitrogens with one attached hydrogen (secondary N) is 2. The largest absolute Gasteiger partial charge is 0.378 e. The van der Waals surface area contributed by atoms with Crippen molar-refractivity contribution in [2.75, 3.05) is 47.6 Å². The first kappa shape index (κ1) is 20.7. The summed E-state index contributed by atoms with van der Waals surface area (Å²) in [6.45, 7) is 4.00. The molecule has 0 unspecified atom stereocenters. The Bertz CT molecular complexity index is 1060. The summed E-state index contributed by atoms with van der Waals surface area (Å²) in [5.74, 6) is 1.42. The Morgan fingerprint density at radius 3 is 2.39 bits per heavy atom. The van der Waals surface area contributed by atoms with Crippen LogP contribution in [-0.2, 0) is 0 Å². The van der Waals surface area contributed by atoms with Crippen molar-refractivity contribution in [1.82, 2.24) is 9.97 Å². The number of benzene rings is 2. The highest BCUT2D eigenvalue weighted by atomic mass is 16.1. The van der Waals surface area contributed by atoms with Crippen molar-refractivity contribution in [3.05, 3.63) is 65.9 Å². The Balaban J connectivity index is 1.43. The molecular weight excluding hydrogens is 388 g/mol. The van der Waals surface area contributed by atoms with Gasteiger partial charge in [-0.3, -0.25) is 4.79 Å². The molecule has 0 spiro atoms. The zero-order valence-electron chi connectivity index (χ0n) is 18.2. The SMILES string of the molecule is Cc1cc(Nc2ccc(NC(=O)c3cccc(N(C)C)c3)cc2)nc(N2CCCC2)n1. The molecule has 3 aromatic rings. The van der Waals surface area contributed by atoms with Crippen LogP contribution >= 0.6 is 0 Å². The summed E-state index contributed by atoms with van der Waals surface area (Å²) in [6.07, 6.45) is 2.37. The number of carbonyl (C=O) groups excluding carboxylic acids is 1. The van der Waals surface area contributed by atoms with Gasteiger partial charge in [0.25, 0.3) is 5.91 Å². The van der Waals surface area contributed by atoms with Crippen molar-refractivity contribution in [2.24, 2.45) is 0 Å². The van der Waals surface area contributed by atoms with E-state index in [1.807, 2.05) is 80.5 Å². The Hall–Kier alpha value is -3.61. The second-order valence-corrected chi connectivity index (χ2v) is 7.99. The smallest absolute Gasteiger partial charge is 0.255 e. The summed E-state index contributed by atoms with van der Waals surface area (Å²) in [5.41, 5.74) is 4.18.